The molecule has 2 aromatic rings. The van der Waals surface area contributed by atoms with E-state index in [-0.39, 0.29) is 17.9 Å². The Morgan fingerprint density at radius 3 is 2.42 bits per heavy atom. The Balaban J connectivity index is 1.64. The van der Waals surface area contributed by atoms with Gasteiger partial charge in [-0.25, -0.2) is 0 Å². The minimum absolute atomic E-state index is 0.0637. The van der Waals surface area contributed by atoms with Gasteiger partial charge in [0.25, 0.3) is 0 Å². The molecular weight excluding hydrogens is 324 g/mol. The van der Waals surface area contributed by atoms with Crippen molar-refractivity contribution in [2.45, 2.75) is 32.4 Å². The number of amides is 2. The van der Waals surface area contributed by atoms with Gasteiger partial charge in [-0.3, -0.25) is 9.59 Å². The summed E-state index contributed by atoms with van der Waals surface area (Å²) in [6.45, 7) is 2.92. The molecule has 2 aromatic carbocycles. The van der Waals surface area contributed by atoms with Crippen LogP contribution >= 0.6 is 0 Å². The van der Waals surface area contributed by atoms with Crippen molar-refractivity contribution in [3.05, 3.63) is 77.4 Å². The van der Waals surface area contributed by atoms with Crippen molar-refractivity contribution in [1.82, 2.24) is 10.2 Å². The van der Waals surface area contributed by atoms with Crippen LogP contribution in [-0.4, -0.2) is 29.3 Å². The van der Waals surface area contributed by atoms with Crippen LogP contribution in [-0.2, 0) is 16.1 Å². The van der Waals surface area contributed by atoms with E-state index in [4.69, 9.17) is 0 Å². The van der Waals surface area contributed by atoms with Gasteiger partial charge in [0.05, 0.1) is 0 Å². The second-order valence-electron chi connectivity index (χ2n) is 6.60. The lowest BCUT2D eigenvalue weighted by atomic mass is 10.1. The molecule has 0 bridgehead atoms. The van der Waals surface area contributed by atoms with Crippen molar-refractivity contribution in [2.24, 2.45) is 0 Å². The maximum absolute atomic E-state index is 12.8. The molecule has 134 valence electrons. The van der Waals surface area contributed by atoms with Crippen molar-refractivity contribution in [3.63, 3.8) is 0 Å². The monoisotopic (exact) mass is 348 g/mol. The number of nitrogens with one attached hydrogen (secondary N) is 1. The predicted molar refractivity (Wildman–Crippen MR) is 103 cm³/mol. The first-order chi connectivity index (χ1) is 12.6. The summed E-state index contributed by atoms with van der Waals surface area (Å²) in [5, 5.41) is 2.96. The first-order valence-corrected chi connectivity index (χ1v) is 9.01. The maximum atomic E-state index is 12.8. The van der Waals surface area contributed by atoms with Crippen LogP contribution in [0.15, 0.2) is 66.2 Å². The molecule has 1 aliphatic rings. The predicted octanol–water partition coefficient (Wildman–Crippen LogP) is 3.40. The van der Waals surface area contributed by atoms with Gasteiger partial charge in [0.2, 0.25) is 11.8 Å². The third kappa shape index (κ3) is 4.39. The van der Waals surface area contributed by atoms with Crippen LogP contribution in [0.25, 0.3) is 6.08 Å². The number of likely N-dealkylation sites (tertiary alicyclic amines) is 1. The van der Waals surface area contributed by atoms with Crippen molar-refractivity contribution >= 4 is 17.9 Å². The van der Waals surface area contributed by atoms with E-state index in [0.717, 1.165) is 17.5 Å². The van der Waals surface area contributed by atoms with Gasteiger partial charge < -0.3 is 10.2 Å². The van der Waals surface area contributed by atoms with Gasteiger partial charge >= 0.3 is 0 Å². The van der Waals surface area contributed by atoms with Crippen LogP contribution in [0.2, 0.25) is 0 Å². The van der Waals surface area contributed by atoms with Crippen LogP contribution in [0, 0.1) is 0 Å². The molecule has 0 aromatic heterocycles. The van der Waals surface area contributed by atoms with Crippen molar-refractivity contribution < 1.29 is 9.59 Å². The number of carbonyl (C=O) groups excluding carboxylic acids is 2. The molecule has 1 fully saturated rings. The standard InChI is InChI=1S/C22H24N2O2/c1-17(15-18-9-4-2-5-10-18)22(26)24-14-8-13-20(24)21(25)23-16-19-11-6-3-7-12-19/h2-7,9-12,15,20H,8,13-14,16H2,1H3,(H,23,25)/b17-15+/t20-/m1/s1. The Morgan fingerprint density at radius 2 is 1.73 bits per heavy atom. The van der Waals surface area contributed by atoms with Gasteiger partial charge in [0.15, 0.2) is 0 Å². The molecule has 2 amide bonds. The zero-order valence-corrected chi connectivity index (χ0v) is 15.0. The number of rotatable bonds is 5. The zero-order chi connectivity index (χ0) is 18.4. The lowest BCUT2D eigenvalue weighted by Gasteiger charge is -2.24. The molecule has 3 rings (SSSR count). The number of benzene rings is 2. The highest BCUT2D eigenvalue weighted by Crippen LogP contribution is 2.21. The highest BCUT2D eigenvalue weighted by molar-refractivity contribution is 6.00. The second kappa shape index (κ2) is 8.48. The van der Waals surface area contributed by atoms with Gasteiger partial charge in [0.1, 0.15) is 6.04 Å². The van der Waals surface area contributed by atoms with Crippen molar-refractivity contribution in [1.29, 1.82) is 0 Å². The fraction of sp³-hybridized carbons (Fsp3) is 0.273. The van der Waals surface area contributed by atoms with Gasteiger partial charge in [0, 0.05) is 18.7 Å². The summed E-state index contributed by atoms with van der Waals surface area (Å²) in [6, 6.07) is 19.2. The molecule has 26 heavy (non-hydrogen) atoms. The third-order valence-corrected chi connectivity index (χ3v) is 4.65. The molecule has 0 radical (unpaired) electrons. The summed E-state index contributed by atoms with van der Waals surface area (Å²) in [7, 11) is 0. The lowest BCUT2D eigenvalue weighted by molar-refractivity contribution is -0.135. The van der Waals surface area contributed by atoms with Crippen LogP contribution in [0.1, 0.15) is 30.9 Å². The van der Waals surface area contributed by atoms with Crippen LogP contribution in [0.4, 0.5) is 0 Å². The summed E-state index contributed by atoms with van der Waals surface area (Å²) in [5.74, 6) is -0.140. The smallest absolute Gasteiger partial charge is 0.250 e. The van der Waals surface area contributed by atoms with Crippen molar-refractivity contribution in [3.8, 4) is 0 Å². The van der Waals surface area contributed by atoms with Crippen LogP contribution in [0.3, 0.4) is 0 Å². The molecule has 1 atom stereocenters. The quantitative estimate of drug-likeness (QED) is 0.842. The first-order valence-electron chi connectivity index (χ1n) is 9.01. The average Bonchev–Trinajstić information content (AvgIpc) is 3.17. The van der Waals surface area contributed by atoms with E-state index < -0.39 is 0 Å². The lowest BCUT2D eigenvalue weighted by Crippen LogP contribution is -2.46. The van der Waals surface area contributed by atoms with Crippen LogP contribution in [0.5, 0.6) is 0 Å². The minimum atomic E-state index is -0.384. The highest BCUT2D eigenvalue weighted by atomic mass is 16.2. The molecule has 0 saturated carbocycles. The molecule has 4 heteroatoms. The Hall–Kier alpha value is -2.88. The number of hydrogen-bond acceptors (Lipinski definition) is 2. The molecule has 0 spiro atoms. The second-order valence-corrected chi connectivity index (χ2v) is 6.60. The maximum Gasteiger partial charge on any atom is 0.250 e. The molecular formula is C22H24N2O2. The normalized spacial score (nSPS) is 17.2. The number of nitrogens with zero attached hydrogens (tertiary/aromatic N) is 1. The van der Waals surface area contributed by atoms with Gasteiger partial charge in [-0.15, -0.1) is 0 Å². The number of carbonyl (C=O) groups is 2. The molecule has 1 N–H and O–H groups in total. The SMILES string of the molecule is C/C(=C\c1ccccc1)C(=O)N1CCC[C@@H]1C(=O)NCc1ccccc1. The molecule has 0 aliphatic carbocycles. The third-order valence-electron chi connectivity index (χ3n) is 4.65. The Bertz CT molecular complexity index is 784. The van der Waals surface area contributed by atoms with E-state index in [1.807, 2.05) is 73.7 Å². The fourth-order valence-electron chi connectivity index (χ4n) is 3.27. The molecule has 0 unspecified atom stereocenters. The molecule has 1 saturated heterocycles. The van der Waals surface area contributed by atoms with E-state index in [1.54, 1.807) is 4.90 Å². The first kappa shape index (κ1) is 17.9. The summed E-state index contributed by atoms with van der Waals surface area (Å²) < 4.78 is 0. The van der Waals surface area contributed by atoms with E-state index in [1.165, 1.54) is 0 Å². The van der Waals surface area contributed by atoms with E-state index >= 15 is 0 Å². The molecule has 4 nitrogen and oxygen atoms in total. The summed E-state index contributed by atoms with van der Waals surface area (Å²) in [4.78, 5) is 27.1. The summed E-state index contributed by atoms with van der Waals surface area (Å²) in [6.07, 6.45) is 3.44. The number of hydrogen-bond donors (Lipinski definition) is 1. The van der Waals surface area contributed by atoms with E-state index in [2.05, 4.69) is 5.32 Å². The topological polar surface area (TPSA) is 49.4 Å². The van der Waals surface area contributed by atoms with Gasteiger partial charge in [-0.05, 0) is 37.0 Å². The average molecular weight is 348 g/mol. The largest absolute Gasteiger partial charge is 0.350 e. The summed E-state index contributed by atoms with van der Waals surface area (Å²) in [5.41, 5.74) is 2.69. The Morgan fingerprint density at radius 1 is 1.08 bits per heavy atom. The van der Waals surface area contributed by atoms with Crippen LogP contribution < -0.4 is 5.32 Å². The minimum Gasteiger partial charge on any atom is -0.350 e. The fourth-order valence-corrected chi connectivity index (χ4v) is 3.27. The van der Waals surface area contributed by atoms with E-state index in [0.29, 0.717) is 25.1 Å². The van der Waals surface area contributed by atoms with E-state index in [9.17, 15) is 9.59 Å². The zero-order valence-electron chi connectivity index (χ0n) is 15.0. The molecule has 1 aliphatic heterocycles. The Labute approximate surface area is 154 Å². The highest BCUT2D eigenvalue weighted by Gasteiger charge is 2.34. The van der Waals surface area contributed by atoms with Gasteiger partial charge in [-0.2, -0.15) is 0 Å². The van der Waals surface area contributed by atoms with Gasteiger partial charge in [-0.1, -0.05) is 60.7 Å². The molecule has 1 heterocycles. The van der Waals surface area contributed by atoms with Crippen molar-refractivity contribution in [2.75, 3.05) is 6.54 Å². The summed E-state index contributed by atoms with van der Waals surface area (Å²) >= 11 is 0. The Kier molecular flexibility index (Phi) is 5.84.